The van der Waals surface area contributed by atoms with Gasteiger partial charge in [-0.25, -0.2) is 4.79 Å². The first kappa shape index (κ1) is 22.5. The highest BCUT2D eigenvalue weighted by molar-refractivity contribution is 5.86. The topological polar surface area (TPSA) is 93.7 Å². The summed E-state index contributed by atoms with van der Waals surface area (Å²) in [5, 5.41) is 5.02. The van der Waals surface area contributed by atoms with Crippen molar-refractivity contribution < 1.29 is 23.9 Å². The predicted octanol–water partition coefficient (Wildman–Crippen LogP) is 1.94. The van der Waals surface area contributed by atoms with Crippen molar-refractivity contribution in [3.05, 3.63) is 29.8 Å². The van der Waals surface area contributed by atoms with Gasteiger partial charge in [0.2, 0.25) is 5.91 Å². The van der Waals surface area contributed by atoms with E-state index >= 15 is 0 Å². The van der Waals surface area contributed by atoms with Crippen LogP contribution in [0.25, 0.3) is 0 Å². The minimum atomic E-state index is -0.859. The molecule has 1 aromatic rings. The van der Waals surface area contributed by atoms with Crippen molar-refractivity contribution in [2.75, 3.05) is 13.2 Å². The molecule has 2 N–H and O–H groups in total. The van der Waals surface area contributed by atoms with Gasteiger partial charge in [0.15, 0.2) is 12.7 Å². The maximum Gasteiger partial charge on any atom is 0.347 e. The van der Waals surface area contributed by atoms with Crippen LogP contribution in [0.4, 0.5) is 0 Å². The lowest BCUT2D eigenvalue weighted by molar-refractivity contribution is -0.154. The smallest absolute Gasteiger partial charge is 0.347 e. The van der Waals surface area contributed by atoms with Crippen molar-refractivity contribution in [2.24, 2.45) is 0 Å². The van der Waals surface area contributed by atoms with Crippen molar-refractivity contribution >= 4 is 17.8 Å². The summed E-state index contributed by atoms with van der Waals surface area (Å²) in [4.78, 5) is 35.0. The Balaban J connectivity index is 2.39. The molecule has 150 valence electrons. The Morgan fingerprint density at radius 2 is 1.59 bits per heavy atom. The Labute approximate surface area is 160 Å². The minimum Gasteiger partial charge on any atom is -0.479 e. The van der Waals surface area contributed by atoms with Crippen molar-refractivity contribution in [2.45, 2.75) is 59.1 Å². The Morgan fingerprint density at radius 3 is 2.11 bits per heavy atom. The highest BCUT2D eigenvalue weighted by atomic mass is 16.6. The molecule has 0 fully saturated rings. The first-order valence-corrected chi connectivity index (χ1v) is 8.99. The van der Waals surface area contributed by atoms with E-state index in [0.717, 1.165) is 5.56 Å². The lowest BCUT2D eigenvalue weighted by Gasteiger charge is -2.20. The lowest BCUT2D eigenvalue weighted by atomic mass is 9.87. The van der Waals surface area contributed by atoms with E-state index in [-0.39, 0.29) is 23.9 Å². The number of amides is 2. The first-order chi connectivity index (χ1) is 12.5. The van der Waals surface area contributed by atoms with Crippen molar-refractivity contribution in [1.29, 1.82) is 0 Å². The molecule has 2 amide bonds. The summed E-state index contributed by atoms with van der Waals surface area (Å²) < 4.78 is 10.5. The van der Waals surface area contributed by atoms with E-state index in [0.29, 0.717) is 5.75 Å². The zero-order valence-electron chi connectivity index (χ0n) is 16.9. The van der Waals surface area contributed by atoms with E-state index in [1.54, 1.807) is 19.1 Å². The normalized spacial score (nSPS) is 12.3. The van der Waals surface area contributed by atoms with Crippen molar-refractivity contribution in [3.8, 4) is 5.75 Å². The van der Waals surface area contributed by atoms with Gasteiger partial charge in [-0.1, -0.05) is 32.9 Å². The monoisotopic (exact) mass is 378 g/mol. The molecular weight excluding hydrogens is 348 g/mol. The predicted molar refractivity (Wildman–Crippen MR) is 102 cm³/mol. The van der Waals surface area contributed by atoms with Gasteiger partial charge in [-0.3, -0.25) is 9.59 Å². The van der Waals surface area contributed by atoms with Crippen molar-refractivity contribution in [3.63, 3.8) is 0 Å². The van der Waals surface area contributed by atoms with Crippen LogP contribution in [0.3, 0.4) is 0 Å². The summed E-state index contributed by atoms with van der Waals surface area (Å²) in [6, 6.07) is 7.48. The van der Waals surface area contributed by atoms with Crippen LogP contribution in [0.2, 0.25) is 0 Å². The summed E-state index contributed by atoms with van der Waals surface area (Å²) >= 11 is 0. The van der Waals surface area contributed by atoms with Crippen LogP contribution in [-0.4, -0.2) is 43.1 Å². The second kappa shape index (κ2) is 9.94. The number of ether oxygens (including phenoxy) is 2. The van der Waals surface area contributed by atoms with Gasteiger partial charge in [-0.15, -0.1) is 0 Å². The maximum atomic E-state index is 12.0. The molecule has 0 aliphatic carbocycles. The Morgan fingerprint density at radius 1 is 1.00 bits per heavy atom. The molecular formula is C20H30N2O5. The standard InChI is InChI=1S/C20H30N2O5/c1-13(2)22-17(23)11-21-18(24)12-26-19(25)14(3)27-16-9-7-15(8-10-16)20(4,5)6/h7-10,13-14H,11-12H2,1-6H3,(H,21,24)(H,22,23)/t14-/m1/s1. The molecule has 7 heteroatoms. The number of carbonyl (C=O) groups excluding carboxylic acids is 3. The third kappa shape index (κ3) is 8.57. The molecule has 0 aliphatic rings. The molecule has 0 radical (unpaired) electrons. The molecule has 7 nitrogen and oxygen atoms in total. The lowest BCUT2D eigenvalue weighted by Crippen LogP contribution is -2.41. The molecule has 1 rings (SSSR count). The summed E-state index contributed by atoms with van der Waals surface area (Å²) in [5.41, 5.74) is 1.19. The minimum absolute atomic E-state index is 0.0114. The Bertz CT molecular complexity index is 647. The van der Waals surface area contributed by atoms with Crippen LogP contribution in [0, 0.1) is 0 Å². The van der Waals surface area contributed by atoms with Gasteiger partial charge in [0.05, 0.1) is 6.54 Å². The fourth-order valence-corrected chi connectivity index (χ4v) is 2.14. The second-order valence-electron chi connectivity index (χ2n) is 7.64. The van der Waals surface area contributed by atoms with Crippen LogP contribution >= 0.6 is 0 Å². The van der Waals surface area contributed by atoms with Gasteiger partial charge in [-0.05, 0) is 43.9 Å². The van der Waals surface area contributed by atoms with Crippen LogP contribution in [-0.2, 0) is 24.5 Å². The fraction of sp³-hybridized carbons (Fsp3) is 0.550. The van der Waals surface area contributed by atoms with Gasteiger partial charge < -0.3 is 20.1 Å². The third-order valence-corrected chi connectivity index (χ3v) is 3.61. The van der Waals surface area contributed by atoms with Gasteiger partial charge >= 0.3 is 5.97 Å². The molecule has 0 unspecified atom stereocenters. The number of hydrogen-bond donors (Lipinski definition) is 2. The average Bonchev–Trinajstić information content (AvgIpc) is 2.56. The summed E-state index contributed by atoms with van der Waals surface area (Å²) in [6.07, 6.45) is -0.859. The molecule has 0 aromatic heterocycles. The largest absolute Gasteiger partial charge is 0.479 e. The number of benzene rings is 1. The van der Waals surface area contributed by atoms with Crippen LogP contribution < -0.4 is 15.4 Å². The molecule has 0 saturated heterocycles. The van der Waals surface area contributed by atoms with Crippen LogP contribution in [0.5, 0.6) is 5.75 Å². The van der Waals surface area contributed by atoms with E-state index in [9.17, 15) is 14.4 Å². The van der Waals surface area contributed by atoms with Crippen molar-refractivity contribution in [1.82, 2.24) is 10.6 Å². The highest BCUT2D eigenvalue weighted by Gasteiger charge is 2.19. The van der Waals surface area contributed by atoms with Gasteiger partial charge in [0, 0.05) is 6.04 Å². The first-order valence-electron chi connectivity index (χ1n) is 8.99. The third-order valence-electron chi connectivity index (χ3n) is 3.61. The van der Waals surface area contributed by atoms with Crippen LogP contribution in [0.1, 0.15) is 47.1 Å². The SMILES string of the molecule is CC(C)NC(=O)CNC(=O)COC(=O)[C@@H](C)Oc1ccc(C(C)(C)C)cc1. The summed E-state index contributed by atoms with van der Waals surface area (Å²) in [5.74, 6) is -0.969. The quantitative estimate of drug-likeness (QED) is 0.674. The molecule has 0 bridgehead atoms. The molecule has 0 heterocycles. The van der Waals surface area contributed by atoms with E-state index in [1.807, 2.05) is 26.0 Å². The molecule has 0 spiro atoms. The second-order valence-corrected chi connectivity index (χ2v) is 7.64. The molecule has 1 aromatic carbocycles. The summed E-state index contributed by atoms with van der Waals surface area (Å²) in [7, 11) is 0. The molecule has 0 saturated carbocycles. The van der Waals surface area contributed by atoms with Gasteiger partial charge in [-0.2, -0.15) is 0 Å². The number of carbonyl (C=O) groups is 3. The maximum absolute atomic E-state index is 12.0. The fourth-order valence-electron chi connectivity index (χ4n) is 2.14. The van der Waals surface area contributed by atoms with Gasteiger partial charge in [0.25, 0.3) is 5.91 Å². The Kier molecular flexibility index (Phi) is 8.28. The number of rotatable bonds is 8. The van der Waals surface area contributed by atoms with E-state index in [4.69, 9.17) is 9.47 Å². The number of nitrogens with one attached hydrogen (secondary N) is 2. The number of hydrogen-bond acceptors (Lipinski definition) is 5. The zero-order valence-corrected chi connectivity index (χ0v) is 16.9. The molecule has 27 heavy (non-hydrogen) atoms. The average molecular weight is 378 g/mol. The zero-order chi connectivity index (χ0) is 20.6. The van der Waals surface area contributed by atoms with E-state index in [2.05, 4.69) is 31.4 Å². The Hall–Kier alpha value is -2.57. The van der Waals surface area contributed by atoms with E-state index in [1.165, 1.54) is 0 Å². The number of esters is 1. The molecule has 1 atom stereocenters. The molecule has 0 aliphatic heterocycles. The van der Waals surface area contributed by atoms with Gasteiger partial charge in [0.1, 0.15) is 5.75 Å². The van der Waals surface area contributed by atoms with E-state index < -0.39 is 24.6 Å². The highest BCUT2D eigenvalue weighted by Crippen LogP contribution is 2.24. The van der Waals surface area contributed by atoms with Crippen LogP contribution in [0.15, 0.2) is 24.3 Å². The summed E-state index contributed by atoms with van der Waals surface area (Å²) in [6.45, 7) is 10.9.